The minimum absolute atomic E-state index is 0.391. The molecule has 1 aromatic carbocycles. The fourth-order valence-corrected chi connectivity index (χ4v) is 2.74. The van der Waals surface area contributed by atoms with E-state index in [0.29, 0.717) is 12.3 Å². The fourth-order valence-electron chi connectivity index (χ4n) is 1.34. The summed E-state index contributed by atoms with van der Waals surface area (Å²) in [5, 5.41) is 8.57. The molecule has 15 heavy (non-hydrogen) atoms. The van der Waals surface area contributed by atoms with E-state index in [1.165, 1.54) is 0 Å². The molecular formula is C12H15NOS. The zero-order valence-corrected chi connectivity index (χ0v) is 9.83. The van der Waals surface area contributed by atoms with Crippen LogP contribution in [0.15, 0.2) is 35.2 Å². The van der Waals surface area contributed by atoms with Crippen molar-refractivity contribution in [3.05, 3.63) is 30.3 Å². The average molecular weight is 221 g/mol. The Balaban J connectivity index is 2.80. The maximum absolute atomic E-state index is 12.0. The van der Waals surface area contributed by atoms with Crippen LogP contribution in [0.5, 0.6) is 0 Å². The topological polar surface area (TPSA) is 40.9 Å². The van der Waals surface area contributed by atoms with Crippen LogP contribution < -0.4 is 0 Å². The predicted octanol–water partition coefficient (Wildman–Crippen LogP) is 2.73. The maximum atomic E-state index is 12.0. The highest BCUT2D eigenvalue weighted by molar-refractivity contribution is 7.86. The van der Waals surface area contributed by atoms with Crippen LogP contribution in [0.4, 0.5) is 0 Å². The summed E-state index contributed by atoms with van der Waals surface area (Å²) in [5.74, 6) is 0.391. The van der Waals surface area contributed by atoms with Crippen molar-refractivity contribution in [3.8, 4) is 6.07 Å². The molecule has 0 N–H and O–H groups in total. The van der Waals surface area contributed by atoms with Crippen molar-refractivity contribution in [2.24, 2.45) is 5.92 Å². The van der Waals surface area contributed by atoms with Crippen LogP contribution in [0.1, 0.15) is 20.3 Å². The molecular weight excluding hydrogens is 206 g/mol. The fraction of sp³-hybridized carbons (Fsp3) is 0.417. The van der Waals surface area contributed by atoms with Gasteiger partial charge in [0, 0.05) is 4.90 Å². The lowest BCUT2D eigenvalue weighted by molar-refractivity contribution is 0.591. The standard InChI is InChI=1S/C12H15NOS/c1-10(2)8-12(9-13)15(14)11-6-4-3-5-7-11/h3-7,10,12H,8H2,1-2H3. The van der Waals surface area contributed by atoms with Gasteiger partial charge in [0.05, 0.1) is 16.9 Å². The largest absolute Gasteiger partial charge is 0.253 e. The quantitative estimate of drug-likeness (QED) is 0.784. The van der Waals surface area contributed by atoms with Gasteiger partial charge < -0.3 is 0 Å². The molecule has 0 aliphatic carbocycles. The van der Waals surface area contributed by atoms with Crippen LogP contribution >= 0.6 is 0 Å². The maximum Gasteiger partial charge on any atom is 0.126 e. The second-order valence-electron chi connectivity index (χ2n) is 3.86. The van der Waals surface area contributed by atoms with E-state index in [0.717, 1.165) is 4.90 Å². The average Bonchev–Trinajstić information content (AvgIpc) is 2.26. The molecule has 2 atom stereocenters. The first-order chi connectivity index (χ1) is 7.15. The zero-order valence-electron chi connectivity index (χ0n) is 9.01. The first kappa shape index (κ1) is 11.9. The molecule has 3 heteroatoms. The molecule has 0 aliphatic rings. The molecule has 0 radical (unpaired) electrons. The Morgan fingerprint density at radius 1 is 1.33 bits per heavy atom. The van der Waals surface area contributed by atoms with Crippen molar-refractivity contribution in [1.82, 2.24) is 0 Å². The minimum Gasteiger partial charge on any atom is -0.253 e. The summed E-state index contributed by atoms with van der Waals surface area (Å²) in [5.41, 5.74) is 0. The summed E-state index contributed by atoms with van der Waals surface area (Å²) in [6.07, 6.45) is 0.679. The Morgan fingerprint density at radius 3 is 2.40 bits per heavy atom. The highest BCUT2D eigenvalue weighted by Crippen LogP contribution is 2.16. The Kier molecular flexibility index (Phi) is 4.51. The molecule has 0 aliphatic heterocycles. The second-order valence-corrected chi connectivity index (χ2v) is 5.49. The normalized spacial score (nSPS) is 14.5. The summed E-state index contributed by atoms with van der Waals surface area (Å²) in [6, 6.07) is 11.3. The Hall–Kier alpha value is -1.14. The van der Waals surface area contributed by atoms with Gasteiger partial charge in [0.2, 0.25) is 0 Å². The van der Waals surface area contributed by atoms with Crippen LogP contribution in [0.2, 0.25) is 0 Å². The van der Waals surface area contributed by atoms with E-state index >= 15 is 0 Å². The van der Waals surface area contributed by atoms with Crippen LogP contribution in [-0.4, -0.2) is 9.46 Å². The van der Waals surface area contributed by atoms with E-state index in [9.17, 15) is 4.21 Å². The van der Waals surface area contributed by atoms with Crippen LogP contribution in [0, 0.1) is 17.2 Å². The third-order valence-corrected chi connectivity index (χ3v) is 3.61. The van der Waals surface area contributed by atoms with Crippen LogP contribution in [0.3, 0.4) is 0 Å². The Morgan fingerprint density at radius 2 is 1.93 bits per heavy atom. The highest BCUT2D eigenvalue weighted by Gasteiger charge is 2.18. The van der Waals surface area contributed by atoms with E-state index in [1.54, 1.807) is 12.1 Å². The molecule has 0 aromatic heterocycles. The van der Waals surface area contributed by atoms with Gasteiger partial charge in [0.25, 0.3) is 0 Å². The van der Waals surface area contributed by atoms with Crippen molar-refractivity contribution in [2.45, 2.75) is 30.4 Å². The van der Waals surface area contributed by atoms with Gasteiger partial charge in [-0.1, -0.05) is 32.0 Å². The van der Waals surface area contributed by atoms with Gasteiger partial charge in [-0.15, -0.1) is 0 Å². The Bertz CT molecular complexity index is 367. The Labute approximate surface area is 93.4 Å². The molecule has 0 heterocycles. The number of hydrogen-bond donors (Lipinski definition) is 0. The molecule has 0 spiro atoms. The second kappa shape index (κ2) is 5.67. The zero-order chi connectivity index (χ0) is 11.3. The van der Waals surface area contributed by atoms with Crippen molar-refractivity contribution in [2.75, 3.05) is 0 Å². The van der Waals surface area contributed by atoms with Gasteiger partial charge in [-0.25, -0.2) is 0 Å². The first-order valence-corrected chi connectivity index (χ1v) is 6.21. The van der Waals surface area contributed by atoms with Crippen molar-refractivity contribution >= 4 is 10.8 Å². The molecule has 0 saturated heterocycles. The SMILES string of the molecule is CC(C)CC(C#N)S(=O)c1ccccc1. The third kappa shape index (κ3) is 3.49. The number of rotatable bonds is 4. The smallest absolute Gasteiger partial charge is 0.126 e. The van der Waals surface area contributed by atoms with E-state index in [1.807, 2.05) is 32.0 Å². The molecule has 1 aromatic rings. The van der Waals surface area contributed by atoms with Crippen molar-refractivity contribution in [3.63, 3.8) is 0 Å². The molecule has 0 bridgehead atoms. The lowest BCUT2D eigenvalue weighted by Crippen LogP contribution is -2.15. The van der Waals surface area contributed by atoms with Gasteiger partial charge in [0.15, 0.2) is 0 Å². The van der Waals surface area contributed by atoms with Gasteiger partial charge in [-0.05, 0) is 24.5 Å². The highest BCUT2D eigenvalue weighted by atomic mass is 32.2. The monoisotopic (exact) mass is 221 g/mol. The first-order valence-electron chi connectivity index (χ1n) is 5.00. The summed E-state index contributed by atoms with van der Waals surface area (Å²) >= 11 is 0. The molecule has 0 fully saturated rings. The molecule has 1 rings (SSSR count). The number of nitrogens with zero attached hydrogens (tertiary/aromatic N) is 1. The van der Waals surface area contributed by atoms with Gasteiger partial charge in [-0.3, -0.25) is 4.21 Å². The van der Waals surface area contributed by atoms with Gasteiger partial charge in [-0.2, -0.15) is 5.26 Å². The van der Waals surface area contributed by atoms with Gasteiger partial charge >= 0.3 is 0 Å². The molecule has 2 nitrogen and oxygen atoms in total. The molecule has 80 valence electrons. The lowest BCUT2D eigenvalue weighted by Gasteiger charge is -2.11. The predicted molar refractivity (Wildman–Crippen MR) is 61.7 cm³/mol. The lowest BCUT2D eigenvalue weighted by atomic mass is 10.1. The summed E-state index contributed by atoms with van der Waals surface area (Å²) in [4.78, 5) is 0.740. The molecule has 0 amide bonds. The number of hydrogen-bond acceptors (Lipinski definition) is 2. The summed E-state index contributed by atoms with van der Waals surface area (Å²) in [6.45, 7) is 4.07. The van der Waals surface area contributed by atoms with E-state index in [4.69, 9.17) is 5.26 Å². The van der Waals surface area contributed by atoms with Crippen molar-refractivity contribution < 1.29 is 4.21 Å². The van der Waals surface area contributed by atoms with E-state index in [-0.39, 0.29) is 0 Å². The van der Waals surface area contributed by atoms with Gasteiger partial charge in [0.1, 0.15) is 5.25 Å². The molecule has 0 saturated carbocycles. The third-order valence-electron chi connectivity index (χ3n) is 2.06. The van der Waals surface area contributed by atoms with Crippen LogP contribution in [-0.2, 0) is 10.8 Å². The summed E-state index contributed by atoms with van der Waals surface area (Å²) < 4.78 is 12.0. The number of nitriles is 1. The van der Waals surface area contributed by atoms with E-state index < -0.39 is 16.0 Å². The number of benzene rings is 1. The minimum atomic E-state index is -1.20. The molecule has 2 unspecified atom stereocenters. The van der Waals surface area contributed by atoms with Crippen molar-refractivity contribution in [1.29, 1.82) is 5.26 Å². The van der Waals surface area contributed by atoms with E-state index in [2.05, 4.69) is 6.07 Å². The van der Waals surface area contributed by atoms with Crippen LogP contribution in [0.25, 0.3) is 0 Å². The summed E-state index contributed by atoms with van der Waals surface area (Å²) in [7, 11) is -1.20.